The lowest BCUT2D eigenvalue weighted by Gasteiger charge is -2.14. The zero-order valence-corrected chi connectivity index (χ0v) is 8.67. The zero-order valence-electron chi connectivity index (χ0n) is 8.67. The summed E-state index contributed by atoms with van der Waals surface area (Å²) in [4.78, 5) is 0. The van der Waals surface area contributed by atoms with E-state index in [0.29, 0.717) is 6.54 Å². The Balaban J connectivity index is 2.32. The molecule has 0 radical (unpaired) electrons. The highest BCUT2D eigenvalue weighted by molar-refractivity contribution is 5.19. The summed E-state index contributed by atoms with van der Waals surface area (Å²) in [7, 11) is 0. The highest BCUT2D eigenvalue weighted by Gasteiger charge is 2.10. The minimum Gasteiger partial charge on any atom is -0.324 e. The first kappa shape index (κ1) is 9.86. The Kier molecular flexibility index (Phi) is 2.78. The van der Waals surface area contributed by atoms with Gasteiger partial charge < -0.3 is 10.3 Å². The van der Waals surface area contributed by atoms with Gasteiger partial charge in [-0.3, -0.25) is 0 Å². The molecule has 0 fully saturated rings. The first-order valence-electron chi connectivity index (χ1n) is 4.96. The summed E-state index contributed by atoms with van der Waals surface area (Å²) in [6, 6.07) is 10.5. The van der Waals surface area contributed by atoms with Crippen molar-refractivity contribution in [3.63, 3.8) is 0 Å². The molecule has 4 nitrogen and oxygen atoms in total. The normalized spacial score (nSPS) is 12.7. The standard InChI is InChI=1S/C11H14N4/c1-9(10-5-3-2-4-6-10)15-8-13-14-11(15)7-12/h2-6,8-9H,7,12H2,1H3. The second-order valence-corrected chi connectivity index (χ2v) is 3.45. The highest BCUT2D eigenvalue weighted by atomic mass is 15.3. The van der Waals surface area contributed by atoms with E-state index >= 15 is 0 Å². The van der Waals surface area contributed by atoms with Gasteiger partial charge in [-0.05, 0) is 12.5 Å². The van der Waals surface area contributed by atoms with E-state index in [1.54, 1.807) is 6.33 Å². The van der Waals surface area contributed by atoms with Gasteiger partial charge in [-0.25, -0.2) is 0 Å². The summed E-state index contributed by atoms with van der Waals surface area (Å²) >= 11 is 0. The first-order valence-corrected chi connectivity index (χ1v) is 4.96. The van der Waals surface area contributed by atoms with Gasteiger partial charge in [0.1, 0.15) is 12.2 Å². The Hall–Kier alpha value is -1.68. The molecule has 2 aromatic rings. The highest BCUT2D eigenvalue weighted by Crippen LogP contribution is 2.17. The van der Waals surface area contributed by atoms with Crippen LogP contribution in [0.1, 0.15) is 24.4 Å². The van der Waals surface area contributed by atoms with E-state index in [-0.39, 0.29) is 6.04 Å². The van der Waals surface area contributed by atoms with Gasteiger partial charge in [0.15, 0.2) is 0 Å². The van der Waals surface area contributed by atoms with Crippen molar-refractivity contribution in [3.05, 3.63) is 48.0 Å². The molecule has 0 saturated heterocycles. The van der Waals surface area contributed by atoms with Crippen molar-refractivity contribution in [1.82, 2.24) is 14.8 Å². The summed E-state index contributed by atoms with van der Waals surface area (Å²) in [5, 5.41) is 7.84. The molecule has 0 amide bonds. The average Bonchev–Trinajstić information content (AvgIpc) is 2.77. The number of nitrogens with zero attached hydrogens (tertiary/aromatic N) is 3. The van der Waals surface area contributed by atoms with Crippen LogP contribution in [0.5, 0.6) is 0 Å². The second-order valence-electron chi connectivity index (χ2n) is 3.45. The minimum atomic E-state index is 0.222. The van der Waals surface area contributed by atoms with Crippen LogP contribution in [-0.2, 0) is 6.54 Å². The fraction of sp³-hybridized carbons (Fsp3) is 0.273. The van der Waals surface area contributed by atoms with Crippen molar-refractivity contribution in [2.24, 2.45) is 5.73 Å². The van der Waals surface area contributed by atoms with Crippen LogP contribution >= 0.6 is 0 Å². The fourth-order valence-electron chi connectivity index (χ4n) is 1.63. The molecule has 0 aliphatic rings. The molecule has 0 saturated carbocycles. The number of aromatic nitrogens is 3. The van der Waals surface area contributed by atoms with Gasteiger partial charge in [0.05, 0.1) is 12.6 Å². The van der Waals surface area contributed by atoms with Crippen molar-refractivity contribution in [3.8, 4) is 0 Å². The van der Waals surface area contributed by atoms with Crippen LogP contribution in [0.25, 0.3) is 0 Å². The number of hydrogen-bond acceptors (Lipinski definition) is 3. The number of benzene rings is 1. The molecule has 78 valence electrons. The molecular formula is C11H14N4. The molecule has 1 atom stereocenters. The first-order chi connectivity index (χ1) is 7.33. The lowest BCUT2D eigenvalue weighted by molar-refractivity contribution is 0.602. The molecule has 2 rings (SSSR count). The van der Waals surface area contributed by atoms with Crippen LogP contribution in [0.3, 0.4) is 0 Å². The number of nitrogens with two attached hydrogens (primary N) is 1. The van der Waals surface area contributed by atoms with Crippen molar-refractivity contribution in [2.45, 2.75) is 19.5 Å². The predicted molar refractivity (Wildman–Crippen MR) is 58.2 cm³/mol. The Morgan fingerprint density at radius 2 is 2.07 bits per heavy atom. The summed E-state index contributed by atoms with van der Waals surface area (Å²) in [6.07, 6.45) is 1.72. The summed E-state index contributed by atoms with van der Waals surface area (Å²) in [5.41, 5.74) is 6.82. The summed E-state index contributed by atoms with van der Waals surface area (Å²) < 4.78 is 2.00. The Morgan fingerprint density at radius 1 is 1.33 bits per heavy atom. The smallest absolute Gasteiger partial charge is 0.147 e. The van der Waals surface area contributed by atoms with Crippen LogP contribution in [0.4, 0.5) is 0 Å². The number of hydrogen-bond donors (Lipinski definition) is 1. The van der Waals surface area contributed by atoms with Crippen molar-refractivity contribution in [1.29, 1.82) is 0 Å². The van der Waals surface area contributed by atoms with Crippen LogP contribution in [-0.4, -0.2) is 14.8 Å². The van der Waals surface area contributed by atoms with Crippen LogP contribution in [0.2, 0.25) is 0 Å². The van der Waals surface area contributed by atoms with E-state index in [9.17, 15) is 0 Å². The molecule has 1 aromatic carbocycles. The summed E-state index contributed by atoms with van der Waals surface area (Å²) in [5.74, 6) is 0.811. The third-order valence-electron chi connectivity index (χ3n) is 2.53. The van der Waals surface area contributed by atoms with Gasteiger partial charge >= 0.3 is 0 Å². The van der Waals surface area contributed by atoms with E-state index in [1.165, 1.54) is 5.56 Å². The van der Waals surface area contributed by atoms with Crippen LogP contribution in [0, 0.1) is 0 Å². The van der Waals surface area contributed by atoms with Gasteiger partial charge in [0.25, 0.3) is 0 Å². The maximum atomic E-state index is 5.59. The Morgan fingerprint density at radius 3 is 2.73 bits per heavy atom. The molecule has 15 heavy (non-hydrogen) atoms. The quantitative estimate of drug-likeness (QED) is 0.817. The summed E-state index contributed by atoms with van der Waals surface area (Å²) in [6.45, 7) is 2.52. The van der Waals surface area contributed by atoms with Gasteiger partial charge in [-0.1, -0.05) is 30.3 Å². The van der Waals surface area contributed by atoms with Crippen molar-refractivity contribution >= 4 is 0 Å². The van der Waals surface area contributed by atoms with E-state index in [1.807, 2.05) is 22.8 Å². The third-order valence-corrected chi connectivity index (χ3v) is 2.53. The van der Waals surface area contributed by atoms with Gasteiger partial charge in [-0.15, -0.1) is 10.2 Å². The van der Waals surface area contributed by atoms with Crippen LogP contribution < -0.4 is 5.73 Å². The molecule has 1 heterocycles. The molecular weight excluding hydrogens is 188 g/mol. The molecule has 1 unspecified atom stereocenters. The monoisotopic (exact) mass is 202 g/mol. The van der Waals surface area contributed by atoms with Crippen LogP contribution in [0.15, 0.2) is 36.7 Å². The lowest BCUT2D eigenvalue weighted by atomic mass is 10.1. The number of rotatable bonds is 3. The fourth-order valence-corrected chi connectivity index (χ4v) is 1.63. The molecule has 0 bridgehead atoms. The maximum Gasteiger partial charge on any atom is 0.147 e. The third kappa shape index (κ3) is 1.89. The molecule has 0 aliphatic carbocycles. The molecule has 0 spiro atoms. The molecule has 2 N–H and O–H groups in total. The topological polar surface area (TPSA) is 56.7 Å². The molecule has 4 heteroatoms. The predicted octanol–water partition coefficient (Wildman–Crippen LogP) is 1.35. The molecule has 0 aliphatic heterocycles. The van der Waals surface area contributed by atoms with E-state index in [2.05, 4.69) is 29.3 Å². The van der Waals surface area contributed by atoms with Crippen molar-refractivity contribution in [2.75, 3.05) is 0 Å². The van der Waals surface area contributed by atoms with E-state index < -0.39 is 0 Å². The van der Waals surface area contributed by atoms with Gasteiger partial charge in [0.2, 0.25) is 0 Å². The minimum absolute atomic E-state index is 0.222. The second kappa shape index (κ2) is 4.23. The largest absolute Gasteiger partial charge is 0.324 e. The van der Waals surface area contributed by atoms with Gasteiger partial charge in [0, 0.05) is 0 Å². The van der Waals surface area contributed by atoms with E-state index in [0.717, 1.165) is 5.82 Å². The van der Waals surface area contributed by atoms with E-state index in [4.69, 9.17) is 5.73 Å². The maximum absolute atomic E-state index is 5.59. The average molecular weight is 202 g/mol. The molecule has 1 aromatic heterocycles. The van der Waals surface area contributed by atoms with Gasteiger partial charge in [-0.2, -0.15) is 0 Å². The lowest BCUT2D eigenvalue weighted by Crippen LogP contribution is -2.12. The Bertz CT molecular complexity index is 421. The SMILES string of the molecule is CC(c1ccccc1)n1cnnc1CN. The van der Waals surface area contributed by atoms with Crippen molar-refractivity contribution < 1.29 is 0 Å². The Labute approximate surface area is 88.8 Å². The zero-order chi connectivity index (χ0) is 10.7.